The summed E-state index contributed by atoms with van der Waals surface area (Å²) in [5.41, 5.74) is 2.06. The molecule has 2 N–H and O–H groups in total. The molecule has 1 heterocycles. The van der Waals surface area contributed by atoms with Gasteiger partial charge in [-0.25, -0.2) is 4.98 Å². The van der Waals surface area contributed by atoms with E-state index in [0.29, 0.717) is 15.7 Å². The first kappa shape index (κ1) is 22.1. The van der Waals surface area contributed by atoms with Crippen molar-refractivity contribution in [2.75, 3.05) is 5.32 Å². The van der Waals surface area contributed by atoms with Crippen LogP contribution in [0, 0.1) is 0 Å². The third-order valence-corrected chi connectivity index (χ3v) is 6.81. The molecule has 0 saturated carbocycles. The Kier molecular flexibility index (Phi) is 6.25. The van der Waals surface area contributed by atoms with Gasteiger partial charge in [-0.05, 0) is 29.1 Å². The molecule has 34 heavy (non-hydrogen) atoms. The van der Waals surface area contributed by atoms with E-state index in [1.165, 1.54) is 11.3 Å². The average molecular weight is 486 g/mol. The van der Waals surface area contributed by atoms with Gasteiger partial charge in [-0.2, -0.15) is 0 Å². The van der Waals surface area contributed by atoms with Crippen LogP contribution in [-0.2, 0) is 4.79 Å². The number of hydrogen-bond donors (Lipinski definition) is 2. The lowest BCUT2D eigenvalue weighted by Crippen LogP contribution is -2.31. The van der Waals surface area contributed by atoms with Gasteiger partial charge in [-0.1, -0.05) is 95.7 Å². The molecule has 5 aromatic rings. The monoisotopic (exact) mass is 485 g/mol. The third-order valence-electron chi connectivity index (χ3n) is 5.55. The molecule has 0 radical (unpaired) electrons. The van der Waals surface area contributed by atoms with Gasteiger partial charge in [-0.3, -0.25) is 9.59 Å². The maximum absolute atomic E-state index is 13.0. The molecule has 0 spiro atoms. The van der Waals surface area contributed by atoms with E-state index in [-0.39, 0.29) is 18.2 Å². The number of carbonyl (C=O) groups excluding carboxylic acids is 2. The summed E-state index contributed by atoms with van der Waals surface area (Å²) in [5, 5.41) is 8.90. The van der Waals surface area contributed by atoms with Crippen molar-refractivity contribution < 1.29 is 9.59 Å². The van der Waals surface area contributed by atoms with E-state index < -0.39 is 6.04 Å². The van der Waals surface area contributed by atoms with Gasteiger partial charge in [0.15, 0.2) is 5.13 Å². The maximum atomic E-state index is 13.0. The molecular weight excluding hydrogens is 466 g/mol. The second-order valence-corrected chi connectivity index (χ2v) is 9.26. The van der Waals surface area contributed by atoms with Crippen LogP contribution in [0.5, 0.6) is 0 Å². The largest absolute Gasteiger partial charge is 0.345 e. The predicted octanol–water partition coefficient (Wildman–Crippen LogP) is 6.60. The lowest BCUT2D eigenvalue weighted by Gasteiger charge is -2.19. The van der Waals surface area contributed by atoms with E-state index in [4.69, 9.17) is 11.6 Å². The highest BCUT2D eigenvalue weighted by molar-refractivity contribution is 7.22. The van der Waals surface area contributed by atoms with E-state index in [2.05, 4.69) is 21.7 Å². The number of anilines is 1. The minimum atomic E-state index is -0.528. The summed E-state index contributed by atoms with van der Waals surface area (Å²) >= 11 is 7.62. The van der Waals surface area contributed by atoms with Gasteiger partial charge >= 0.3 is 0 Å². The number of halogens is 1. The zero-order valence-electron chi connectivity index (χ0n) is 18.0. The molecule has 5 rings (SSSR count). The summed E-state index contributed by atoms with van der Waals surface area (Å²) in [6.45, 7) is 0. The Morgan fingerprint density at radius 3 is 2.44 bits per heavy atom. The van der Waals surface area contributed by atoms with Crippen LogP contribution >= 0.6 is 22.9 Å². The molecular formula is C27H20ClN3O2S. The fourth-order valence-electron chi connectivity index (χ4n) is 3.89. The summed E-state index contributed by atoms with van der Waals surface area (Å²) in [4.78, 5) is 30.6. The van der Waals surface area contributed by atoms with Crippen molar-refractivity contribution in [3.63, 3.8) is 0 Å². The molecule has 1 aromatic heterocycles. The quantitative estimate of drug-likeness (QED) is 0.284. The molecule has 0 bridgehead atoms. The van der Waals surface area contributed by atoms with Crippen molar-refractivity contribution >= 4 is 60.9 Å². The Bertz CT molecular complexity index is 1500. The maximum Gasteiger partial charge on any atom is 0.253 e. The smallest absolute Gasteiger partial charge is 0.253 e. The van der Waals surface area contributed by atoms with Crippen molar-refractivity contribution in [2.24, 2.45) is 0 Å². The van der Waals surface area contributed by atoms with Crippen molar-refractivity contribution in [3.8, 4) is 0 Å². The Balaban J connectivity index is 1.37. The van der Waals surface area contributed by atoms with Crippen LogP contribution in [-0.4, -0.2) is 16.8 Å². The number of fused-ring (bicyclic) bond motifs is 3. The Morgan fingerprint density at radius 1 is 0.882 bits per heavy atom. The Morgan fingerprint density at radius 2 is 1.62 bits per heavy atom. The number of amides is 2. The fraction of sp³-hybridized carbons (Fsp3) is 0.0741. The molecule has 4 aromatic carbocycles. The summed E-state index contributed by atoms with van der Waals surface area (Å²) in [6, 6.07) is 27.8. The molecule has 0 fully saturated rings. The Labute approximate surface area is 205 Å². The second kappa shape index (κ2) is 9.63. The molecule has 168 valence electrons. The van der Waals surface area contributed by atoms with E-state index in [1.807, 2.05) is 60.7 Å². The van der Waals surface area contributed by atoms with E-state index in [9.17, 15) is 9.59 Å². The SMILES string of the molecule is O=C(CC(NC(=O)c1ccccc1Cl)c1ccccc1)Nc1nc2c(ccc3ccccc32)s1. The standard InChI is InChI=1S/C27H20ClN3O2S/c28-21-13-7-6-12-20(21)26(33)29-22(18-9-2-1-3-10-18)16-24(32)30-27-31-25-19-11-5-4-8-17(19)14-15-23(25)34-27/h1-15,22H,16H2,(H,29,33)(H,30,31,32). The van der Waals surface area contributed by atoms with E-state index in [1.54, 1.807) is 24.3 Å². The molecule has 5 nitrogen and oxygen atoms in total. The zero-order valence-corrected chi connectivity index (χ0v) is 19.6. The first-order valence-electron chi connectivity index (χ1n) is 10.8. The number of aromatic nitrogens is 1. The lowest BCUT2D eigenvalue weighted by atomic mass is 10.0. The predicted molar refractivity (Wildman–Crippen MR) is 138 cm³/mol. The highest BCUT2D eigenvalue weighted by Crippen LogP contribution is 2.32. The van der Waals surface area contributed by atoms with Gasteiger partial charge in [0.2, 0.25) is 5.91 Å². The van der Waals surface area contributed by atoms with Crippen LogP contribution in [0.4, 0.5) is 5.13 Å². The van der Waals surface area contributed by atoms with E-state index in [0.717, 1.165) is 26.6 Å². The highest BCUT2D eigenvalue weighted by atomic mass is 35.5. The Hall–Kier alpha value is -3.74. The van der Waals surface area contributed by atoms with Crippen LogP contribution < -0.4 is 10.6 Å². The van der Waals surface area contributed by atoms with Crippen molar-refractivity contribution in [3.05, 3.63) is 107 Å². The highest BCUT2D eigenvalue weighted by Gasteiger charge is 2.21. The molecule has 0 saturated heterocycles. The van der Waals surface area contributed by atoms with E-state index >= 15 is 0 Å². The zero-order chi connectivity index (χ0) is 23.5. The second-order valence-electron chi connectivity index (χ2n) is 7.82. The van der Waals surface area contributed by atoms with Gasteiger partial charge in [-0.15, -0.1) is 0 Å². The fourth-order valence-corrected chi connectivity index (χ4v) is 5.01. The number of nitrogens with one attached hydrogen (secondary N) is 2. The van der Waals surface area contributed by atoms with Gasteiger partial charge in [0, 0.05) is 5.39 Å². The molecule has 0 aliphatic heterocycles. The van der Waals surface area contributed by atoms with Crippen molar-refractivity contribution in [2.45, 2.75) is 12.5 Å². The van der Waals surface area contributed by atoms with Gasteiger partial charge in [0.05, 0.1) is 33.3 Å². The number of benzene rings is 4. The van der Waals surface area contributed by atoms with Crippen molar-refractivity contribution in [1.29, 1.82) is 0 Å². The molecule has 7 heteroatoms. The number of rotatable bonds is 6. The number of nitrogens with zero attached hydrogens (tertiary/aromatic N) is 1. The summed E-state index contributed by atoms with van der Waals surface area (Å²) in [7, 11) is 0. The van der Waals surface area contributed by atoms with Crippen LogP contribution in [0.15, 0.2) is 91.0 Å². The van der Waals surface area contributed by atoms with Gasteiger partial charge < -0.3 is 10.6 Å². The number of hydrogen-bond acceptors (Lipinski definition) is 4. The van der Waals surface area contributed by atoms with Crippen molar-refractivity contribution in [1.82, 2.24) is 10.3 Å². The van der Waals surface area contributed by atoms with Crippen LogP contribution in [0.3, 0.4) is 0 Å². The van der Waals surface area contributed by atoms with Gasteiger partial charge in [0.25, 0.3) is 5.91 Å². The minimum absolute atomic E-state index is 0.0525. The number of carbonyl (C=O) groups is 2. The van der Waals surface area contributed by atoms with Crippen LogP contribution in [0.1, 0.15) is 28.4 Å². The van der Waals surface area contributed by atoms with Crippen LogP contribution in [0.25, 0.3) is 21.0 Å². The normalized spacial score (nSPS) is 11.9. The van der Waals surface area contributed by atoms with Crippen LogP contribution in [0.2, 0.25) is 5.02 Å². The third kappa shape index (κ3) is 4.64. The average Bonchev–Trinajstić information content (AvgIpc) is 3.27. The lowest BCUT2D eigenvalue weighted by molar-refractivity contribution is -0.116. The summed E-state index contributed by atoms with van der Waals surface area (Å²) < 4.78 is 1.00. The molecule has 0 aliphatic rings. The first-order chi connectivity index (χ1) is 16.6. The minimum Gasteiger partial charge on any atom is -0.345 e. The molecule has 1 atom stereocenters. The topological polar surface area (TPSA) is 71.1 Å². The first-order valence-corrected chi connectivity index (χ1v) is 12.0. The number of thiazole rings is 1. The molecule has 0 aliphatic carbocycles. The summed E-state index contributed by atoms with van der Waals surface area (Å²) in [5.74, 6) is -0.574. The van der Waals surface area contributed by atoms with Gasteiger partial charge in [0.1, 0.15) is 0 Å². The summed E-state index contributed by atoms with van der Waals surface area (Å²) in [6.07, 6.45) is 0.0525. The molecule has 1 unspecified atom stereocenters. The molecule has 2 amide bonds.